The number of Topliss-reactive ketones (excluding diaryl/α,β-unsaturated/α-hetero) is 1. The lowest BCUT2D eigenvalue weighted by Crippen LogP contribution is -2.18. The second kappa shape index (κ2) is 9.87. The van der Waals surface area contributed by atoms with Gasteiger partial charge in [-0.2, -0.15) is 13.2 Å². The van der Waals surface area contributed by atoms with Crippen molar-refractivity contribution in [2.45, 2.75) is 13.1 Å². The quantitative estimate of drug-likeness (QED) is 0.768. The Labute approximate surface area is 140 Å². The van der Waals surface area contributed by atoms with E-state index in [1.807, 2.05) is 12.1 Å². The number of alkyl halides is 3. The summed E-state index contributed by atoms with van der Waals surface area (Å²) in [6.45, 7) is 0.486. The molecule has 0 aliphatic heterocycles. The molecule has 132 valence electrons. The van der Waals surface area contributed by atoms with Gasteiger partial charge in [0.05, 0.1) is 0 Å². The minimum absolute atomic E-state index is 0.486. The zero-order valence-corrected chi connectivity index (χ0v) is 14.4. The minimum Gasteiger partial charge on any atom is -0.290 e. The van der Waals surface area contributed by atoms with E-state index in [9.17, 15) is 26.4 Å². The second-order valence-corrected chi connectivity index (χ2v) is 7.21. The maximum Gasteiger partial charge on any atom is 0.449 e. The van der Waals surface area contributed by atoms with Gasteiger partial charge >= 0.3 is 6.18 Å². The molecule has 0 unspecified atom stereocenters. The van der Waals surface area contributed by atoms with Crippen LogP contribution in [0, 0.1) is 0 Å². The fraction of sp³-hybridized carbons (Fsp3) is 0.235. The fourth-order valence-corrected chi connectivity index (χ4v) is 1.26. The van der Waals surface area contributed by atoms with E-state index < -0.39 is 21.8 Å². The minimum atomic E-state index is -4.64. The van der Waals surface area contributed by atoms with Gasteiger partial charge in [-0.05, 0) is 11.1 Å². The first-order valence-corrected chi connectivity index (χ1v) is 9.04. The molecule has 2 aromatic carbocycles. The Kier molecular flexibility index (Phi) is 8.99. The topological polar surface area (TPSA) is 51.2 Å². The Morgan fingerprint density at radius 3 is 1.17 bits per heavy atom. The summed E-state index contributed by atoms with van der Waals surface area (Å²) in [7, 11) is -2.67. The molecule has 0 aromatic heterocycles. The van der Waals surface area contributed by atoms with Crippen molar-refractivity contribution in [1.29, 1.82) is 0 Å². The first-order chi connectivity index (χ1) is 10.9. The van der Waals surface area contributed by atoms with E-state index in [2.05, 4.69) is 48.5 Å². The van der Waals surface area contributed by atoms with Gasteiger partial charge in [0.15, 0.2) is 0 Å². The van der Waals surface area contributed by atoms with Crippen LogP contribution >= 0.6 is 0 Å². The lowest BCUT2D eigenvalue weighted by molar-refractivity contribution is -0.168. The molecule has 7 heteroatoms. The Hall–Kier alpha value is -2.15. The molecule has 0 atom stereocenters. The van der Waals surface area contributed by atoms with Gasteiger partial charge in [0.2, 0.25) is 5.78 Å². The third-order valence-corrected chi connectivity index (χ3v) is 2.28. The predicted molar refractivity (Wildman–Crippen MR) is 89.4 cm³/mol. The molecule has 0 radical (unpaired) electrons. The number of ketones is 1. The maximum absolute atomic E-state index is 10.8. The molecular weight excluding hydrogens is 341 g/mol. The van der Waals surface area contributed by atoms with Crippen molar-refractivity contribution in [2.75, 3.05) is 12.5 Å². The summed E-state index contributed by atoms with van der Waals surface area (Å²) >= 11 is 0. The van der Waals surface area contributed by atoms with E-state index in [0.29, 0.717) is 6.92 Å². The van der Waals surface area contributed by atoms with Crippen molar-refractivity contribution in [3.8, 4) is 11.1 Å². The monoisotopic (exact) mass is 360 g/mol. The van der Waals surface area contributed by atoms with Crippen LogP contribution in [0.3, 0.4) is 0 Å². The molecule has 3 nitrogen and oxygen atoms in total. The number of halogens is 3. The van der Waals surface area contributed by atoms with Crippen molar-refractivity contribution >= 4 is 15.6 Å². The number of hydrogen-bond acceptors (Lipinski definition) is 3. The SMILES string of the molecule is CC(=O)C(F)(F)F.CS(C)(=O)=O.c1ccc(-c2ccccc2)cc1. The van der Waals surface area contributed by atoms with Gasteiger partial charge in [-0.15, -0.1) is 0 Å². The molecule has 0 aliphatic rings. The van der Waals surface area contributed by atoms with Crippen molar-refractivity contribution in [2.24, 2.45) is 0 Å². The van der Waals surface area contributed by atoms with E-state index in [0.717, 1.165) is 12.5 Å². The van der Waals surface area contributed by atoms with Crippen molar-refractivity contribution < 1.29 is 26.4 Å². The summed E-state index contributed by atoms with van der Waals surface area (Å²) in [5.74, 6) is -1.76. The Balaban J connectivity index is 0.000000379. The van der Waals surface area contributed by atoms with Crippen LogP contribution in [-0.2, 0) is 14.6 Å². The van der Waals surface area contributed by atoms with Crippen molar-refractivity contribution in [1.82, 2.24) is 0 Å². The molecule has 0 heterocycles. The van der Waals surface area contributed by atoms with Gasteiger partial charge < -0.3 is 0 Å². The number of benzene rings is 2. The van der Waals surface area contributed by atoms with Crippen LogP contribution in [0.1, 0.15) is 6.92 Å². The summed E-state index contributed by atoms with van der Waals surface area (Å²) in [5.41, 5.74) is 2.55. The molecule has 0 saturated carbocycles. The molecule has 2 aromatic rings. The lowest BCUT2D eigenvalue weighted by Gasteiger charge is -1.98. The largest absolute Gasteiger partial charge is 0.449 e. The van der Waals surface area contributed by atoms with Crippen LogP contribution in [0.25, 0.3) is 11.1 Å². The average Bonchev–Trinajstić information content (AvgIpc) is 2.47. The second-order valence-electron chi connectivity index (χ2n) is 4.93. The zero-order chi connectivity index (χ0) is 18.8. The number of hydrogen-bond donors (Lipinski definition) is 0. The summed E-state index contributed by atoms with van der Waals surface area (Å²) in [6.07, 6.45) is -2.32. The molecule has 24 heavy (non-hydrogen) atoms. The normalized spacial score (nSPS) is 10.6. The lowest BCUT2D eigenvalue weighted by atomic mass is 10.1. The van der Waals surface area contributed by atoms with Gasteiger partial charge in [-0.25, -0.2) is 8.42 Å². The molecule has 0 aliphatic carbocycles. The van der Waals surface area contributed by atoms with E-state index in [1.54, 1.807) is 0 Å². The summed E-state index contributed by atoms with van der Waals surface area (Å²) < 4.78 is 51.8. The Morgan fingerprint density at radius 2 is 1.00 bits per heavy atom. The highest BCUT2D eigenvalue weighted by Gasteiger charge is 2.33. The molecule has 0 fully saturated rings. The third kappa shape index (κ3) is 12.4. The molecule has 0 saturated heterocycles. The van der Waals surface area contributed by atoms with Crippen molar-refractivity contribution in [3.63, 3.8) is 0 Å². The van der Waals surface area contributed by atoms with E-state index in [4.69, 9.17) is 0 Å². The van der Waals surface area contributed by atoms with Gasteiger partial charge in [-0.1, -0.05) is 60.7 Å². The molecule has 0 spiro atoms. The highest BCUT2D eigenvalue weighted by molar-refractivity contribution is 7.89. The zero-order valence-electron chi connectivity index (χ0n) is 13.5. The van der Waals surface area contributed by atoms with Gasteiger partial charge in [0.1, 0.15) is 9.84 Å². The Morgan fingerprint density at radius 1 is 0.792 bits per heavy atom. The molecule has 0 amide bonds. The predicted octanol–water partition coefficient (Wildman–Crippen LogP) is 4.15. The van der Waals surface area contributed by atoms with Crippen molar-refractivity contribution in [3.05, 3.63) is 60.7 Å². The molecule has 0 bridgehead atoms. The maximum atomic E-state index is 10.8. The molecule has 0 N–H and O–H groups in total. The Bertz CT molecular complexity index is 664. The van der Waals surface area contributed by atoms with Crippen LogP contribution in [0.15, 0.2) is 60.7 Å². The van der Waals surface area contributed by atoms with Crippen LogP contribution in [0.5, 0.6) is 0 Å². The molecule has 2 rings (SSSR count). The first-order valence-electron chi connectivity index (χ1n) is 6.74. The van der Waals surface area contributed by atoms with Crippen LogP contribution in [-0.4, -0.2) is 32.9 Å². The fourth-order valence-electron chi connectivity index (χ4n) is 1.26. The van der Waals surface area contributed by atoms with Crippen LogP contribution in [0.2, 0.25) is 0 Å². The van der Waals surface area contributed by atoms with E-state index >= 15 is 0 Å². The standard InChI is InChI=1S/C12H10.C3H3F3O.C2H6O2S/c1-3-7-11(8-4-1)12-9-5-2-6-10-12;1-2(7)3(4,5)6;1-5(2,3)4/h1-10H;1H3;1-2H3. The van der Waals surface area contributed by atoms with Gasteiger partial charge in [0, 0.05) is 19.4 Å². The number of carbonyl (C=O) groups is 1. The van der Waals surface area contributed by atoms with Gasteiger partial charge in [-0.3, -0.25) is 4.79 Å². The van der Waals surface area contributed by atoms with Gasteiger partial charge in [0.25, 0.3) is 0 Å². The highest BCUT2D eigenvalue weighted by Crippen LogP contribution is 2.17. The highest BCUT2D eigenvalue weighted by atomic mass is 32.2. The van der Waals surface area contributed by atoms with E-state index in [1.165, 1.54) is 11.1 Å². The number of rotatable bonds is 1. The van der Waals surface area contributed by atoms with E-state index in [-0.39, 0.29) is 0 Å². The summed E-state index contributed by atoms with van der Waals surface area (Å²) in [6, 6.07) is 20.8. The van der Waals surface area contributed by atoms with Crippen LogP contribution in [0.4, 0.5) is 13.2 Å². The third-order valence-electron chi connectivity index (χ3n) is 2.28. The number of carbonyl (C=O) groups excluding carboxylic acids is 1. The molecular formula is C17H19F3O3S. The smallest absolute Gasteiger partial charge is 0.290 e. The summed E-state index contributed by atoms with van der Waals surface area (Å²) in [5, 5.41) is 0. The first kappa shape index (κ1) is 21.9. The summed E-state index contributed by atoms with van der Waals surface area (Å²) in [4.78, 5) is 9.34. The average molecular weight is 360 g/mol. The number of sulfone groups is 1. The van der Waals surface area contributed by atoms with Crippen LogP contribution < -0.4 is 0 Å².